The maximum Gasteiger partial charge on any atom is 0.318 e. The van der Waals surface area contributed by atoms with E-state index < -0.39 is 12.1 Å². The number of nitrogens with two attached hydrogens (primary N) is 1. The van der Waals surface area contributed by atoms with Crippen molar-refractivity contribution in [2.75, 3.05) is 26.2 Å². The minimum Gasteiger partial charge on any atom is -0.351 e. The highest BCUT2D eigenvalue weighted by Crippen LogP contribution is 2.23. The van der Waals surface area contributed by atoms with Gasteiger partial charge in [0.1, 0.15) is 0 Å². The van der Waals surface area contributed by atoms with Crippen LogP contribution in [0.1, 0.15) is 25.8 Å². The third-order valence-corrected chi connectivity index (χ3v) is 4.90. The number of hydrogen-bond donors (Lipinski definition) is 2. The largest absolute Gasteiger partial charge is 0.351 e. The average molecular weight is 372 g/mol. The Hall–Kier alpha value is -2.78. The number of primary amides is 1. The highest BCUT2D eigenvalue weighted by atomic mass is 16.5. The first-order valence-corrected chi connectivity index (χ1v) is 8.93. The van der Waals surface area contributed by atoms with Gasteiger partial charge in [-0.2, -0.15) is 4.98 Å². The van der Waals surface area contributed by atoms with Gasteiger partial charge in [-0.25, -0.2) is 4.79 Å². The van der Waals surface area contributed by atoms with Crippen molar-refractivity contribution in [3.63, 3.8) is 0 Å². The molecule has 0 radical (unpaired) electrons. The quantitative estimate of drug-likeness (QED) is 0.804. The summed E-state index contributed by atoms with van der Waals surface area (Å²) in [6, 6.07) is 8.43. The summed E-state index contributed by atoms with van der Waals surface area (Å²) in [4.78, 5) is 31.5. The zero-order valence-corrected chi connectivity index (χ0v) is 15.5. The fraction of sp³-hybridized carbons (Fsp3) is 0.444. The first-order valence-electron chi connectivity index (χ1n) is 8.93. The molecule has 0 aliphatic carbocycles. The lowest BCUT2D eigenvalue weighted by Gasteiger charge is -2.38. The number of rotatable bonds is 5. The van der Waals surface area contributed by atoms with E-state index in [1.54, 1.807) is 6.92 Å². The lowest BCUT2D eigenvalue weighted by Crippen LogP contribution is -2.55. The number of aromatic nitrogens is 2. The predicted molar refractivity (Wildman–Crippen MR) is 98.5 cm³/mol. The first kappa shape index (κ1) is 19.0. The molecular formula is C18H24N6O3. The lowest BCUT2D eigenvalue weighted by atomic mass is 10.1. The molecule has 1 saturated heterocycles. The molecule has 144 valence electrons. The molecule has 27 heavy (non-hydrogen) atoms. The van der Waals surface area contributed by atoms with Crippen molar-refractivity contribution in [2.24, 2.45) is 5.73 Å². The van der Waals surface area contributed by atoms with E-state index in [0.29, 0.717) is 24.8 Å². The fourth-order valence-electron chi connectivity index (χ4n) is 3.17. The van der Waals surface area contributed by atoms with Gasteiger partial charge < -0.3 is 10.3 Å². The summed E-state index contributed by atoms with van der Waals surface area (Å²) < 4.78 is 5.46. The topological polar surface area (TPSA) is 118 Å². The molecule has 9 heteroatoms. The minimum absolute atomic E-state index is 0.0214. The number of imide groups is 1. The van der Waals surface area contributed by atoms with Gasteiger partial charge in [0.05, 0.1) is 12.1 Å². The molecule has 2 heterocycles. The molecule has 3 N–H and O–H groups in total. The van der Waals surface area contributed by atoms with E-state index in [1.165, 1.54) is 0 Å². The van der Waals surface area contributed by atoms with Crippen molar-refractivity contribution in [3.8, 4) is 11.4 Å². The van der Waals surface area contributed by atoms with Crippen molar-refractivity contribution in [2.45, 2.75) is 25.9 Å². The standard InChI is InChI=1S/C18H24N6O3/c1-12(16(25)21-18(19)26)23-8-10-24(11-9-23)13(2)17-20-15(22-27-17)14-6-4-3-5-7-14/h3-7,12-13H,8-11H2,1-2H3,(H3,19,21,25,26). The second-order valence-corrected chi connectivity index (χ2v) is 6.60. The molecule has 0 bridgehead atoms. The summed E-state index contributed by atoms with van der Waals surface area (Å²) in [5.74, 6) is 0.767. The van der Waals surface area contributed by atoms with Crippen LogP contribution >= 0.6 is 0 Å². The summed E-state index contributed by atoms with van der Waals surface area (Å²) in [7, 11) is 0. The Bertz CT molecular complexity index is 785. The molecule has 2 atom stereocenters. The van der Waals surface area contributed by atoms with Crippen LogP contribution in [0.5, 0.6) is 0 Å². The SMILES string of the molecule is CC(C(=O)NC(N)=O)N1CCN(C(C)c2nc(-c3ccccc3)no2)CC1. The van der Waals surface area contributed by atoms with Crippen LogP contribution in [-0.4, -0.2) is 64.1 Å². The van der Waals surface area contributed by atoms with Gasteiger partial charge in [0.15, 0.2) is 0 Å². The van der Waals surface area contributed by atoms with Crippen molar-refractivity contribution >= 4 is 11.9 Å². The summed E-state index contributed by atoms with van der Waals surface area (Å²) in [5, 5.41) is 6.21. The van der Waals surface area contributed by atoms with E-state index >= 15 is 0 Å². The Morgan fingerprint density at radius 1 is 1.11 bits per heavy atom. The molecule has 3 amide bonds. The molecule has 9 nitrogen and oxygen atoms in total. The van der Waals surface area contributed by atoms with Crippen LogP contribution in [0.4, 0.5) is 4.79 Å². The molecular weight excluding hydrogens is 348 g/mol. The Balaban J connectivity index is 1.57. The zero-order chi connectivity index (χ0) is 19.4. The van der Waals surface area contributed by atoms with Crippen molar-refractivity contribution in [3.05, 3.63) is 36.2 Å². The first-order chi connectivity index (χ1) is 13.0. The van der Waals surface area contributed by atoms with Crippen molar-refractivity contribution in [1.82, 2.24) is 25.3 Å². The number of carbonyl (C=O) groups is 2. The lowest BCUT2D eigenvalue weighted by molar-refractivity contribution is -0.125. The third kappa shape index (κ3) is 4.50. The van der Waals surface area contributed by atoms with E-state index in [2.05, 4.69) is 20.4 Å². The number of urea groups is 1. The Kier molecular flexibility index (Phi) is 5.82. The van der Waals surface area contributed by atoms with Crippen molar-refractivity contribution in [1.29, 1.82) is 0 Å². The number of carbonyl (C=O) groups excluding carboxylic acids is 2. The molecule has 1 aromatic heterocycles. The number of amides is 3. The van der Waals surface area contributed by atoms with Crippen LogP contribution in [0.25, 0.3) is 11.4 Å². The molecule has 2 unspecified atom stereocenters. The molecule has 0 spiro atoms. The van der Waals surface area contributed by atoms with Gasteiger partial charge in [0.2, 0.25) is 17.6 Å². The molecule has 1 aromatic carbocycles. The highest BCUT2D eigenvalue weighted by molar-refractivity contribution is 5.96. The van der Waals surface area contributed by atoms with Crippen LogP contribution < -0.4 is 11.1 Å². The average Bonchev–Trinajstić information content (AvgIpc) is 3.17. The van der Waals surface area contributed by atoms with E-state index in [9.17, 15) is 9.59 Å². The zero-order valence-electron chi connectivity index (χ0n) is 15.5. The Labute approximate surface area is 157 Å². The van der Waals surface area contributed by atoms with Crippen LogP contribution in [0.3, 0.4) is 0 Å². The monoisotopic (exact) mass is 372 g/mol. The van der Waals surface area contributed by atoms with Crippen LogP contribution in [-0.2, 0) is 4.79 Å². The van der Waals surface area contributed by atoms with E-state index in [4.69, 9.17) is 10.3 Å². The predicted octanol–water partition coefficient (Wildman–Crippen LogP) is 0.999. The number of nitrogens with one attached hydrogen (secondary N) is 1. The molecule has 0 saturated carbocycles. The number of nitrogens with zero attached hydrogens (tertiary/aromatic N) is 4. The molecule has 1 fully saturated rings. The van der Waals surface area contributed by atoms with Crippen LogP contribution in [0.2, 0.25) is 0 Å². The number of benzene rings is 1. The van der Waals surface area contributed by atoms with E-state index in [0.717, 1.165) is 18.7 Å². The van der Waals surface area contributed by atoms with Crippen molar-refractivity contribution < 1.29 is 14.1 Å². The second-order valence-electron chi connectivity index (χ2n) is 6.60. The van der Waals surface area contributed by atoms with Gasteiger partial charge in [-0.3, -0.25) is 19.9 Å². The molecule has 1 aliphatic heterocycles. The fourth-order valence-corrected chi connectivity index (χ4v) is 3.17. The maximum atomic E-state index is 11.9. The van der Waals surface area contributed by atoms with Gasteiger partial charge >= 0.3 is 6.03 Å². The van der Waals surface area contributed by atoms with E-state index in [1.807, 2.05) is 42.2 Å². The second kappa shape index (κ2) is 8.28. The van der Waals surface area contributed by atoms with Gasteiger partial charge in [-0.15, -0.1) is 0 Å². The number of hydrogen-bond acceptors (Lipinski definition) is 7. The summed E-state index contributed by atoms with van der Waals surface area (Å²) >= 11 is 0. The number of piperazine rings is 1. The summed E-state index contributed by atoms with van der Waals surface area (Å²) in [6.45, 7) is 6.67. The Morgan fingerprint density at radius 3 is 2.37 bits per heavy atom. The van der Waals surface area contributed by atoms with E-state index in [-0.39, 0.29) is 11.9 Å². The van der Waals surface area contributed by atoms with Gasteiger partial charge in [-0.05, 0) is 13.8 Å². The van der Waals surface area contributed by atoms with Crippen LogP contribution in [0, 0.1) is 0 Å². The van der Waals surface area contributed by atoms with Gasteiger partial charge in [-0.1, -0.05) is 35.5 Å². The Morgan fingerprint density at radius 2 is 1.74 bits per heavy atom. The third-order valence-electron chi connectivity index (χ3n) is 4.90. The molecule has 2 aromatic rings. The summed E-state index contributed by atoms with van der Waals surface area (Å²) in [6.07, 6.45) is 0. The maximum absolute atomic E-state index is 11.9. The molecule has 1 aliphatic rings. The normalized spacial score (nSPS) is 18.0. The van der Waals surface area contributed by atoms with Gasteiger partial charge in [0, 0.05) is 31.7 Å². The van der Waals surface area contributed by atoms with Gasteiger partial charge in [0.25, 0.3) is 0 Å². The highest BCUT2D eigenvalue weighted by Gasteiger charge is 2.30. The van der Waals surface area contributed by atoms with Crippen LogP contribution in [0.15, 0.2) is 34.9 Å². The summed E-state index contributed by atoms with van der Waals surface area (Å²) in [5.41, 5.74) is 5.93. The minimum atomic E-state index is -0.829. The molecule has 3 rings (SSSR count). The smallest absolute Gasteiger partial charge is 0.318 e.